The van der Waals surface area contributed by atoms with Gasteiger partial charge in [0.2, 0.25) is 0 Å². The Kier molecular flexibility index (Phi) is 7.88. The molecule has 1 aromatic carbocycles. The van der Waals surface area contributed by atoms with Crippen LogP contribution in [0.25, 0.3) is 72.8 Å². The SMILES string of the molecule is [C-]#[N+]c1ccnc(-c2cccc(-c3cc(-c4cccc(-c5cc(C#N)ccn5)n4)cc(-c4cccc(-c5cc(C#N)ccn5)n4)c3)n2)c1. The molecular formula is C39H21N9. The van der Waals surface area contributed by atoms with E-state index in [1.54, 1.807) is 55.0 Å². The lowest BCUT2D eigenvalue weighted by molar-refractivity contribution is 1.23. The minimum absolute atomic E-state index is 0.484. The monoisotopic (exact) mass is 615 g/mol. The Bertz CT molecular complexity index is 2180. The van der Waals surface area contributed by atoms with Crippen molar-refractivity contribution in [3.8, 4) is 80.1 Å². The van der Waals surface area contributed by atoms with Gasteiger partial charge in [0.1, 0.15) is 0 Å². The van der Waals surface area contributed by atoms with Gasteiger partial charge >= 0.3 is 0 Å². The molecule has 7 aromatic rings. The lowest BCUT2D eigenvalue weighted by Gasteiger charge is -2.12. The van der Waals surface area contributed by atoms with Crippen molar-refractivity contribution in [3.05, 3.63) is 150 Å². The van der Waals surface area contributed by atoms with E-state index in [1.165, 1.54) is 0 Å². The molecule has 6 heterocycles. The fourth-order valence-corrected chi connectivity index (χ4v) is 5.19. The summed E-state index contributed by atoms with van der Waals surface area (Å²) in [5.41, 5.74) is 9.72. The van der Waals surface area contributed by atoms with Crippen LogP contribution in [0, 0.1) is 29.2 Å². The number of aromatic nitrogens is 6. The molecule has 7 rings (SSSR count). The third-order valence-electron chi connectivity index (χ3n) is 7.51. The third kappa shape index (κ3) is 6.09. The minimum atomic E-state index is 0.484. The minimum Gasteiger partial charge on any atom is -0.257 e. The van der Waals surface area contributed by atoms with Crippen LogP contribution in [0.2, 0.25) is 0 Å². The summed E-state index contributed by atoms with van der Waals surface area (Å²) in [5, 5.41) is 18.8. The first-order chi connectivity index (χ1) is 23.6. The molecule has 9 nitrogen and oxygen atoms in total. The van der Waals surface area contributed by atoms with Crippen molar-refractivity contribution < 1.29 is 0 Å². The van der Waals surface area contributed by atoms with Crippen LogP contribution in [0.3, 0.4) is 0 Å². The smallest absolute Gasteiger partial charge is 0.190 e. The topological polar surface area (TPSA) is 129 Å². The quantitative estimate of drug-likeness (QED) is 0.171. The molecule has 6 aromatic heterocycles. The van der Waals surface area contributed by atoms with Crippen LogP contribution in [0.1, 0.15) is 11.1 Å². The predicted octanol–water partition coefficient (Wildman–Crippen LogP) is 8.35. The molecule has 0 aliphatic rings. The van der Waals surface area contributed by atoms with Gasteiger partial charge in [0, 0.05) is 35.3 Å². The van der Waals surface area contributed by atoms with Crippen LogP contribution in [0.4, 0.5) is 5.69 Å². The van der Waals surface area contributed by atoms with Crippen LogP contribution >= 0.6 is 0 Å². The Morgan fingerprint density at radius 3 is 1.21 bits per heavy atom. The molecule has 0 saturated carbocycles. The molecule has 0 spiro atoms. The largest absolute Gasteiger partial charge is 0.257 e. The van der Waals surface area contributed by atoms with Crippen LogP contribution in [0.5, 0.6) is 0 Å². The Morgan fingerprint density at radius 2 is 0.812 bits per heavy atom. The molecular weight excluding hydrogens is 594 g/mol. The highest BCUT2D eigenvalue weighted by Crippen LogP contribution is 2.33. The van der Waals surface area contributed by atoms with E-state index in [2.05, 4.69) is 31.9 Å². The van der Waals surface area contributed by atoms with Gasteiger partial charge in [-0.1, -0.05) is 18.2 Å². The fraction of sp³-hybridized carbons (Fsp3) is 0. The number of nitriles is 2. The van der Waals surface area contributed by atoms with Gasteiger partial charge in [0.15, 0.2) is 5.69 Å². The predicted molar refractivity (Wildman–Crippen MR) is 182 cm³/mol. The highest BCUT2D eigenvalue weighted by molar-refractivity contribution is 5.80. The Balaban J connectivity index is 1.38. The summed E-state index contributed by atoms with van der Waals surface area (Å²) < 4.78 is 0. The molecule has 0 unspecified atom stereocenters. The molecule has 0 aliphatic heterocycles. The van der Waals surface area contributed by atoms with E-state index in [1.807, 2.05) is 72.8 Å². The second-order valence-corrected chi connectivity index (χ2v) is 10.6. The van der Waals surface area contributed by atoms with E-state index < -0.39 is 0 Å². The zero-order valence-electron chi connectivity index (χ0n) is 25.1. The van der Waals surface area contributed by atoms with Gasteiger partial charge in [-0.2, -0.15) is 10.5 Å². The second-order valence-electron chi connectivity index (χ2n) is 10.6. The first-order valence-electron chi connectivity index (χ1n) is 14.7. The summed E-state index contributed by atoms with van der Waals surface area (Å²) in [5.74, 6) is 0. The maximum atomic E-state index is 9.41. The van der Waals surface area contributed by atoms with E-state index >= 15 is 0 Å². The van der Waals surface area contributed by atoms with Gasteiger partial charge in [-0.3, -0.25) is 15.0 Å². The van der Waals surface area contributed by atoms with E-state index in [4.69, 9.17) is 21.5 Å². The Hall–Kier alpha value is -7.41. The molecule has 0 saturated heterocycles. The first kappa shape index (κ1) is 29.3. The summed E-state index contributed by atoms with van der Waals surface area (Å²) >= 11 is 0. The molecule has 0 fully saturated rings. The van der Waals surface area contributed by atoms with Gasteiger partial charge in [-0.25, -0.2) is 19.8 Å². The van der Waals surface area contributed by atoms with E-state index in [0.29, 0.717) is 68.1 Å². The van der Waals surface area contributed by atoms with Crippen molar-refractivity contribution in [2.45, 2.75) is 0 Å². The maximum absolute atomic E-state index is 9.41. The Morgan fingerprint density at radius 1 is 0.438 bits per heavy atom. The molecule has 0 N–H and O–H groups in total. The molecule has 0 atom stereocenters. The summed E-state index contributed by atoms with van der Waals surface area (Å²) in [6, 6.07) is 37.6. The number of nitrogens with zero attached hydrogens (tertiary/aromatic N) is 9. The lowest BCUT2D eigenvalue weighted by Crippen LogP contribution is -1.95. The Labute approximate surface area is 276 Å². The van der Waals surface area contributed by atoms with Crippen molar-refractivity contribution in [1.82, 2.24) is 29.9 Å². The molecule has 222 valence electrons. The van der Waals surface area contributed by atoms with Crippen molar-refractivity contribution in [1.29, 1.82) is 10.5 Å². The van der Waals surface area contributed by atoms with Crippen LogP contribution in [-0.4, -0.2) is 29.9 Å². The molecule has 0 amide bonds. The number of benzene rings is 1. The summed E-state index contributed by atoms with van der Waals surface area (Å²) in [4.78, 5) is 31.7. The molecule has 0 aliphatic carbocycles. The van der Waals surface area contributed by atoms with E-state index in [9.17, 15) is 10.5 Å². The maximum Gasteiger partial charge on any atom is 0.190 e. The van der Waals surface area contributed by atoms with Gasteiger partial charge in [-0.15, -0.1) is 0 Å². The average molecular weight is 616 g/mol. The van der Waals surface area contributed by atoms with Crippen LogP contribution in [0.15, 0.2) is 128 Å². The van der Waals surface area contributed by atoms with E-state index in [0.717, 1.165) is 16.7 Å². The summed E-state index contributed by atoms with van der Waals surface area (Å²) in [7, 11) is 0. The van der Waals surface area contributed by atoms with Crippen LogP contribution in [-0.2, 0) is 0 Å². The summed E-state index contributed by atoms with van der Waals surface area (Å²) in [6.45, 7) is 7.40. The van der Waals surface area contributed by atoms with Crippen molar-refractivity contribution in [2.24, 2.45) is 0 Å². The van der Waals surface area contributed by atoms with Gasteiger partial charge in [-0.05, 0) is 91.0 Å². The number of hydrogen-bond donors (Lipinski definition) is 0. The average Bonchev–Trinajstić information content (AvgIpc) is 3.18. The van der Waals surface area contributed by atoms with Gasteiger partial charge in [0.05, 0.1) is 81.1 Å². The third-order valence-corrected chi connectivity index (χ3v) is 7.51. The molecule has 0 bridgehead atoms. The molecule has 9 heteroatoms. The van der Waals surface area contributed by atoms with Gasteiger partial charge in [0.25, 0.3) is 0 Å². The van der Waals surface area contributed by atoms with E-state index in [-0.39, 0.29) is 0 Å². The van der Waals surface area contributed by atoms with Crippen molar-refractivity contribution >= 4 is 5.69 Å². The normalized spacial score (nSPS) is 10.4. The number of rotatable bonds is 6. The second kappa shape index (κ2) is 12.9. The summed E-state index contributed by atoms with van der Waals surface area (Å²) in [6.07, 6.45) is 4.81. The van der Waals surface area contributed by atoms with Crippen molar-refractivity contribution in [3.63, 3.8) is 0 Å². The zero-order valence-corrected chi connectivity index (χ0v) is 25.1. The lowest BCUT2D eigenvalue weighted by atomic mass is 9.98. The van der Waals surface area contributed by atoms with Gasteiger partial charge < -0.3 is 0 Å². The number of hydrogen-bond acceptors (Lipinski definition) is 8. The standard InChI is InChI=1S/C39H21N9/c1-42-30-13-16-45-39(22-30)36-10-4-7-33(48-36)29-20-27(31-5-2-8-34(46-31)37-17-25(23-40)11-14-43-37)19-28(21-29)32-6-3-9-35(47-32)38-18-26(24-41)12-15-44-38/h2-22H. The first-order valence-corrected chi connectivity index (χ1v) is 14.7. The highest BCUT2D eigenvalue weighted by Gasteiger charge is 2.14. The number of pyridine rings is 6. The molecule has 48 heavy (non-hydrogen) atoms. The fourth-order valence-electron chi connectivity index (χ4n) is 5.19. The van der Waals surface area contributed by atoms with Crippen LogP contribution < -0.4 is 0 Å². The zero-order chi connectivity index (χ0) is 32.9. The van der Waals surface area contributed by atoms with Crippen molar-refractivity contribution in [2.75, 3.05) is 0 Å². The highest BCUT2D eigenvalue weighted by atomic mass is 14.8. The molecule has 0 radical (unpaired) electrons.